The minimum absolute atomic E-state index is 0.360. The Morgan fingerprint density at radius 2 is 1.60 bits per heavy atom. The predicted octanol–water partition coefficient (Wildman–Crippen LogP) is 2.26. The molecule has 0 aliphatic heterocycles. The Kier molecular flexibility index (Phi) is 2.47. The fourth-order valence-corrected chi connectivity index (χ4v) is 2.12. The second-order valence-electron chi connectivity index (χ2n) is 3.81. The van der Waals surface area contributed by atoms with E-state index < -0.39 is 0 Å². The van der Waals surface area contributed by atoms with Gasteiger partial charge in [-0.1, -0.05) is 13.8 Å². The quantitative estimate of drug-likeness (QED) is 0.510. The van der Waals surface area contributed by atoms with Crippen LogP contribution in [0.1, 0.15) is 33.1 Å². The Morgan fingerprint density at radius 1 is 1.10 bits per heavy atom. The summed E-state index contributed by atoms with van der Waals surface area (Å²) in [7, 11) is 0. The van der Waals surface area contributed by atoms with E-state index in [4.69, 9.17) is 0 Å². The lowest BCUT2D eigenvalue weighted by molar-refractivity contribution is -0.112. The van der Waals surface area contributed by atoms with Crippen LogP contribution in [0, 0.1) is 17.8 Å². The fraction of sp³-hybridized carbons (Fsp3) is 0.889. The number of carbonyl (C=O) groups is 1. The molecule has 1 saturated carbocycles. The zero-order valence-electron chi connectivity index (χ0n) is 6.84. The van der Waals surface area contributed by atoms with Gasteiger partial charge in [0.05, 0.1) is 0 Å². The van der Waals surface area contributed by atoms with Crippen molar-refractivity contribution in [3.63, 3.8) is 0 Å². The Morgan fingerprint density at radius 3 is 2.00 bits per heavy atom. The van der Waals surface area contributed by atoms with E-state index in [0.29, 0.717) is 5.92 Å². The highest BCUT2D eigenvalue weighted by molar-refractivity contribution is 5.53. The molecule has 1 nitrogen and oxygen atoms in total. The summed E-state index contributed by atoms with van der Waals surface area (Å²) < 4.78 is 0. The number of aldehydes is 1. The molecular weight excluding hydrogens is 124 g/mol. The summed E-state index contributed by atoms with van der Waals surface area (Å²) in [6.45, 7) is 4.48. The van der Waals surface area contributed by atoms with Gasteiger partial charge in [-0.15, -0.1) is 0 Å². The molecule has 0 N–H and O–H groups in total. The normalized spacial score (nSPS) is 41.2. The van der Waals surface area contributed by atoms with Crippen molar-refractivity contribution in [2.45, 2.75) is 33.1 Å². The van der Waals surface area contributed by atoms with Crippen molar-refractivity contribution >= 4 is 6.29 Å². The van der Waals surface area contributed by atoms with Crippen molar-refractivity contribution in [2.75, 3.05) is 0 Å². The summed E-state index contributed by atoms with van der Waals surface area (Å²) in [5, 5.41) is 0. The van der Waals surface area contributed by atoms with E-state index in [1.54, 1.807) is 0 Å². The second-order valence-corrected chi connectivity index (χ2v) is 3.81. The van der Waals surface area contributed by atoms with Crippen LogP contribution in [-0.4, -0.2) is 6.29 Å². The zero-order valence-corrected chi connectivity index (χ0v) is 6.84. The van der Waals surface area contributed by atoms with Gasteiger partial charge in [0.2, 0.25) is 0 Å². The van der Waals surface area contributed by atoms with Crippen LogP contribution < -0.4 is 0 Å². The third kappa shape index (κ3) is 1.83. The van der Waals surface area contributed by atoms with Crippen LogP contribution in [0.15, 0.2) is 0 Å². The molecule has 0 aromatic carbocycles. The zero-order chi connectivity index (χ0) is 7.56. The van der Waals surface area contributed by atoms with Crippen LogP contribution in [-0.2, 0) is 4.79 Å². The summed E-state index contributed by atoms with van der Waals surface area (Å²) in [6, 6.07) is 0. The molecule has 2 atom stereocenters. The highest BCUT2D eigenvalue weighted by Gasteiger charge is 2.22. The highest BCUT2D eigenvalue weighted by Crippen LogP contribution is 2.31. The molecule has 0 aromatic rings. The molecule has 1 fully saturated rings. The molecule has 1 rings (SSSR count). The molecule has 0 heterocycles. The van der Waals surface area contributed by atoms with Gasteiger partial charge >= 0.3 is 0 Å². The fourth-order valence-electron chi connectivity index (χ4n) is 2.12. The van der Waals surface area contributed by atoms with Gasteiger partial charge < -0.3 is 4.79 Å². The van der Waals surface area contributed by atoms with E-state index in [2.05, 4.69) is 13.8 Å². The number of hydrogen-bond donors (Lipinski definition) is 0. The van der Waals surface area contributed by atoms with Gasteiger partial charge in [0.15, 0.2) is 0 Å². The molecule has 10 heavy (non-hydrogen) atoms. The number of rotatable bonds is 1. The van der Waals surface area contributed by atoms with E-state index in [1.165, 1.54) is 6.42 Å². The Labute approximate surface area is 62.8 Å². The minimum atomic E-state index is 0.360. The number of hydrogen-bond acceptors (Lipinski definition) is 1. The first-order valence-corrected chi connectivity index (χ1v) is 4.17. The molecule has 0 amide bonds. The molecule has 1 aliphatic rings. The van der Waals surface area contributed by atoms with Gasteiger partial charge in [-0.25, -0.2) is 0 Å². The molecule has 0 aromatic heterocycles. The molecule has 2 unspecified atom stereocenters. The van der Waals surface area contributed by atoms with E-state index in [1.807, 2.05) is 0 Å². The van der Waals surface area contributed by atoms with Gasteiger partial charge in [0.1, 0.15) is 6.29 Å². The molecule has 0 saturated heterocycles. The maximum absolute atomic E-state index is 10.5. The largest absolute Gasteiger partial charge is 0.303 e. The van der Waals surface area contributed by atoms with Crippen LogP contribution >= 0.6 is 0 Å². The highest BCUT2D eigenvalue weighted by atomic mass is 16.1. The van der Waals surface area contributed by atoms with Crippen LogP contribution in [0.3, 0.4) is 0 Å². The Hall–Kier alpha value is -0.330. The van der Waals surface area contributed by atoms with Crippen LogP contribution in [0.25, 0.3) is 0 Å². The summed E-state index contributed by atoms with van der Waals surface area (Å²) >= 11 is 0. The maximum atomic E-state index is 10.5. The smallest absolute Gasteiger partial charge is 0.123 e. The SMILES string of the molecule is CC1CC(C)CC(C=O)C1. The third-order valence-corrected chi connectivity index (χ3v) is 2.41. The van der Waals surface area contributed by atoms with E-state index in [-0.39, 0.29) is 0 Å². The third-order valence-electron chi connectivity index (χ3n) is 2.41. The van der Waals surface area contributed by atoms with Crippen molar-refractivity contribution in [1.29, 1.82) is 0 Å². The summed E-state index contributed by atoms with van der Waals surface area (Å²) in [5.41, 5.74) is 0. The van der Waals surface area contributed by atoms with E-state index in [9.17, 15) is 4.79 Å². The van der Waals surface area contributed by atoms with Crippen molar-refractivity contribution in [1.82, 2.24) is 0 Å². The molecule has 0 spiro atoms. The van der Waals surface area contributed by atoms with Crippen molar-refractivity contribution in [2.24, 2.45) is 17.8 Å². The Balaban J connectivity index is 2.42. The lowest BCUT2D eigenvalue weighted by Crippen LogP contribution is -2.20. The van der Waals surface area contributed by atoms with Crippen LogP contribution in [0.4, 0.5) is 0 Å². The summed E-state index contributed by atoms with van der Waals surface area (Å²) in [4.78, 5) is 10.5. The standard InChI is InChI=1S/C9H16O/c1-7-3-8(2)5-9(4-7)6-10/h6-9H,3-5H2,1-2H3. The second kappa shape index (κ2) is 3.18. The van der Waals surface area contributed by atoms with Crippen LogP contribution in [0.2, 0.25) is 0 Å². The minimum Gasteiger partial charge on any atom is -0.303 e. The average Bonchev–Trinajstić information content (AvgIpc) is 1.85. The lowest BCUT2D eigenvalue weighted by Gasteiger charge is -2.27. The molecular formula is C9H16O. The van der Waals surface area contributed by atoms with Gasteiger partial charge in [0.25, 0.3) is 0 Å². The van der Waals surface area contributed by atoms with Crippen molar-refractivity contribution < 1.29 is 4.79 Å². The summed E-state index contributed by atoms with van der Waals surface area (Å²) in [5.74, 6) is 1.89. The first-order valence-electron chi connectivity index (χ1n) is 4.17. The lowest BCUT2D eigenvalue weighted by atomic mass is 9.77. The van der Waals surface area contributed by atoms with E-state index in [0.717, 1.165) is 31.0 Å². The molecule has 1 aliphatic carbocycles. The topological polar surface area (TPSA) is 17.1 Å². The van der Waals surface area contributed by atoms with Crippen molar-refractivity contribution in [3.05, 3.63) is 0 Å². The van der Waals surface area contributed by atoms with E-state index >= 15 is 0 Å². The van der Waals surface area contributed by atoms with Gasteiger partial charge in [-0.05, 0) is 31.1 Å². The average molecular weight is 140 g/mol. The first-order chi connectivity index (χ1) is 4.72. The van der Waals surface area contributed by atoms with Gasteiger partial charge in [-0.3, -0.25) is 0 Å². The first kappa shape index (κ1) is 7.77. The molecule has 0 radical (unpaired) electrons. The maximum Gasteiger partial charge on any atom is 0.123 e. The predicted molar refractivity (Wildman–Crippen MR) is 41.7 cm³/mol. The number of carbonyl (C=O) groups excluding carboxylic acids is 1. The summed E-state index contributed by atoms with van der Waals surface area (Å²) in [6.07, 6.45) is 4.68. The van der Waals surface area contributed by atoms with Crippen molar-refractivity contribution in [3.8, 4) is 0 Å². The van der Waals surface area contributed by atoms with Gasteiger partial charge in [0, 0.05) is 5.92 Å². The van der Waals surface area contributed by atoms with Gasteiger partial charge in [-0.2, -0.15) is 0 Å². The molecule has 58 valence electrons. The monoisotopic (exact) mass is 140 g/mol. The Bertz CT molecular complexity index is 110. The van der Waals surface area contributed by atoms with Crippen LogP contribution in [0.5, 0.6) is 0 Å². The molecule has 1 heteroatoms. The molecule has 0 bridgehead atoms.